The third-order valence-electron chi connectivity index (χ3n) is 6.90. The van der Waals surface area contributed by atoms with E-state index in [0.717, 1.165) is 24.3 Å². The zero-order chi connectivity index (χ0) is 24.6. The number of aliphatic carboxylic acids is 1. The van der Waals surface area contributed by atoms with Gasteiger partial charge in [0, 0.05) is 43.7 Å². The Balaban J connectivity index is 1.76. The number of benzene rings is 3. The summed E-state index contributed by atoms with van der Waals surface area (Å²) in [6.07, 6.45) is 0.753. The Hall–Kier alpha value is -3.19. The standard InChI is InChI=1S/C29H35N3O3/c1-35-27-16-9-8-15-24(27)19-31-20-25(32(18-10-17-30)26(21-31)29(33)34)28(22-11-4-2-5-12-22)23-13-6-3-7-14-23/h2-9,11-16,25-26,28H,10,17-21,30H2,1H3,(H,33,34)/t25?,26-/m1/s1. The molecule has 3 aromatic carbocycles. The first-order valence-electron chi connectivity index (χ1n) is 12.2. The van der Waals surface area contributed by atoms with Crippen LogP contribution in [0.2, 0.25) is 0 Å². The predicted octanol–water partition coefficient (Wildman–Crippen LogP) is 3.82. The Labute approximate surface area is 207 Å². The number of hydrogen-bond donors (Lipinski definition) is 2. The quantitative estimate of drug-likeness (QED) is 0.466. The molecule has 35 heavy (non-hydrogen) atoms. The molecule has 1 heterocycles. The molecule has 2 atom stereocenters. The van der Waals surface area contributed by atoms with Crippen LogP contribution in [0.3, 0.4) is 0 Å². The third kappa shape index (κ3) is 5.90. The van der Waals surface area contributed by atoms with Gasteiger partial charge in [0.25, 0.3) is 0 Å². The van der Waals surface area contributed by atoms with Gasteiger partial charge in [0.2, 0.25) is 0 Å². The molecule has 4 rings (SSSR count). The van der Waals surface area contributed by atoms with E-state index in [-0.39, 0.29) is 12.0 Å². The number of nitrogens with two attached hydrogens (primary N) is 1. The maximum Gasteiger partial charge on any atom is 0.322 e. The summed E-state index contributed by atoms with van der Waals surface area (Å²) >= 11 is 0. The number of hydrogen-bond acceptors (Lipinski definition) is 5. The first-order valence-corrected chi connectivity index (χ1v) is 12.2. The van der Waals surface area contributed by atoms with Crippen molar-refractivity contribution < 1.29 is 14.6 Å². The highest BCUT2D eigenvalue weighted by molar-refractivity contribution is 5.74. The summed E-state index contributed by atoms with van der Waals surface area (Å²) in [5.41, 5.74) is 9.30. The molecule has 0 saturated carbocycles. The van der Waals surface area contributed by atoms with E-state index >= 15 is 0 Å². The highest BCUT2D eigenvalue weighted by Crippen LogP contribution is 2.35. The number of rotatable bonds is 10. The Morgan fingerprint density at radius 3 is 2.14 bits per heavy atom. The molecule has 184 valence electrons. The van der Waals surface area contributed by atoms with E-state index in [1.807, 2.05) is 30.3 Å². The van der Waals surface area contributed by atoms with Crippen LogP contribution in [0.25, 0.3) is 0 Å². The molecule has 1 aliphatic heterocycles. The zero-order valence-electron chi connectivity index (χ0n) is 20.3. The minimum Gasteiger partial charge on any atom is -0.496 e. The van der Waals surface area contributed by atoms with E-state index in [1.165, 1.54) is 11.1 Å². The summed E-state index contributed by atoms with van der Waals surface area (Å²) in [6.45, 7) is 3.00. The van der Waals surface area contributed by atoms with Gasteiger partial charge in [0.15, 0.2) is 0 Å². The number of carbonyl (C=O) groups is 1. The van der Waals surface area contributed by atoms with E-state index in [2.05, 4.69) is 64.4 Å². The molecule has 1 saturated heterocycles. The topological polar surface area (TPSA) is 79.0 Å². The summed E-state index contributed by atoms with van der Waals surface area (Å²) < 4.78 is 5.58. The van der Waals surface area contributed by atoms with Gasteiger partial charge in [-0.3, -0.25) is 14.6 Å². The Kier molecular flexibility index (Phi) is 8.53. The number of carboxylic acid groups (broad SMARTS) is 1. The fraction of sp³-hybridized carbons (Fsp3) is 0.345. The monoisotopic (exact) mass is 473 g/mol. The maximum atomic E-state index is 12.6. The molecule has 1 unspecified atom stereocenters. The number of carboxylic acids is 1. The van der Waals surface area contributed by atoms with Crippen LogP contribution in [0.15, 0.2) is 84.9 Å². The van der Waals surface area contributed by atoms with Crippen molar-refractivity contribution in [3.05, 3.63) is 102 Å². The molecular weight excluding hydrogens is 438 g/mol. The van der Waals surface area contributed by atoms with Crippen LogP contribution in [0.5, 0.6) is 5.75 Å². The van der Waals surface area contributed by atoms with Gasteiger partial charge in [-0.1, -0.05) is 78.9 Å². The number of piperazine rings is 1. The molecule has 3 N–H and O–H groups in total. The lowest BCUT2D eigenvalue weighted by Crippen LogP contribution is -2.63. The van der Waals surface area contributed by atoms with Gasteiger partial charge in [-0.25, -0.2) is 0 Å². The molecule has 0 aliphatic carbocycles. The Morgan fingerprint density at radius 2 is 1.57 bits per heavy atom. The van der Waals surface area contributed by atoms with Gasteiger partial charge in [-0.15, -0.1) is 0 Å². The number of ether oxygens (including phenoxy) is 1. The van der Waals surface area contributed by atoms with E-state index in [4.69, 9.17) is 10.5 Å². The molecule has 1 fully saturated rings. The van der Waals surface area contributed by atoms with Crippen LogP contribution in [0.4, 0.5) is 0 Å². The number of para-hydroxylation sites is 1. The van der Waals surface area contributed by atoms with Gasteiger partial charge >= 0.3 is 5.97 Å². The molecule has 1 aliphatic rings. The Bertz CT molecular complexity index is 1040. The van der Waals surface area contributed by atoms with Crippen molar-refractivity contribution in [2.45, 2.75) is 31.0 Å². The van der Waals surface area contributed by atoms with E-state index in [9.17, 15) is 9.90 Å². The fourth-order valence-corrected chi connectivity index (χ4v) is 5.30. The van der Waals surface area contributed by atoms with Crippen molar-refractivity contribution in [3.8, 4) is 5.75 Å². The van der Waals surface area contributed by atoms with Crippen molar-refractivity contribution in [1.82, 2.24) is 9.80 Å². The van der Waals surface area contributed by atoms with Gasteiger partial charge in [0.1, 0.15) is 11.8 Å². The Morgan fingerprint density at radius 1 is 0.971 bits per heavy atom. The van der Waals surface area contributed by atoms with Gasteiger partial charge in [-0.05, 0) is 30.2 Å². The first-order chi connectivity index (χ1) is 17.1. The molecule has 0 aromatic heterocycles. The molecule has 6 heteroatoms. The van der Waals surface area contributed by atoms with E-state index < -0.39 is 12.0 Å². The van der Waals surface area contributed by atoms with Gasteiger partial charge in [0.05, 0.1) is 7.11 Å². The van der Waals surface area contributed by atoms with Crippen molar-refractivity contribution in [3.63, 3.8) is 0 Å². The predicted molar refractivity (Wildman–Crippen MR) is 139 cm³/mol. The van der Waals surface area contributed by atoms with Crippen molar-refractivity contribution in [1.29, 1.82) is 0 Å². The van der Waals surface area contributed by atoms with Crippen molar-refractivity contribution in [2.75, 3.05) is 33.3 Å². The lowest BCUT2D eigenvalue weighted by atomic mass is 9.82. The van der Waals surface area contributed by atoms with Crippen molar-refractivity contribution >= 4 is 5.97 Å². The molecule has 0 bridgehead atoms. The molecule has 0 amide bonds. The number of methoxy groups -OCH3 is 1. The number of nitrogens with zero attached hydrogens (tertiary/aromatic N) is 2. The van der Waals surface area contributed by atoms with Gasteiger partial charge in [-0.2, -0.15) is 0 Å². The summed E-state index contributed by atoms with van der Waals surface area (Å²) in [4.78, 5) is 17.0. The van der Waals surface area contributed by atoms with Crippen LogP contribution in [0, 0.1) is 0 Å². The van der Waals surface area contributed by atoms with E-state index in [0.29, 0.717) is 26.2 Å². The molecule has 6 nitrogen and oxygen atoms in total. The summed E-state index contributed by atoms with van der Waals surface area (Å²) in [5.74, 6) is 0.0540. The summed E-state index contributed by atoms with van der Waals surface area (Å²) in [7, 11) is 1.67. The normalized spacial score (nSPS) is 19.1. The molecular formula is C29H35N3O3. The average Bonchev–Trinajstić information content (AvgIpc) is 2.89. The van der Waals surface area contributed by atoms with Crippen LogP contribution in [-0.2, 0) is 11.3 Å². The largest absolute Gasteiger partial charge is 0.496 e. The van der Waals surface area contributed by atoms with Crippen LogP contribution in [-0.4, -0.2) is 66.2 Å². The van der Waals surface area contributed by atoms with E-state index in [1.54, 1.807) is 7.11 Å². The lowest BCUT2D eigenvalue weighted by molar-refractivity contribution is -0.148. The molecule has 3 aromatic rings. The van der Waals surface area contributed by atoms with Crippen molar-refractivity contribution in [2.24, 2.45) is 5.73 Å². The highest BCUT2D eigenvalue weighted by Gasteiger charge is 2.42. The second-order valence-corrected chi connectivity index (χ2v) is 9.11. The van der Waals surface area contributed by atoms with Crippen LogP contribution in [0.1, 0.15) is 29.0 Å². The maximum absolute atomic E-state index is 12.6. The molecule has 0 spiro atoms. The molecule has 0 radical (unpaired) electrons. The third-order valence-corrected chi connectivity index (χ3v) is 6.90. The van der Waals surface area contributed by atoms with Crippen LogP contribution >= 0.6 is 0 Å². The SMILES string of the molecule is COc1ccccc1CN1CC(C(c2ccccc2)c2ccccc2)N(CCCN)[C@@H](C(=O)O)C1. The lowest BCUT2D eigenvalue weighted by Gasteiger charge is -2.48. The van der Waals surface area contributed by atoms with Gasteiger partial charge < -0.3 is 15.6 Å². The summed E-state index contributed by atoms with van der Waals surface area (Å²) in [5, 5.41) is 10.3. The zero-order valence-corrected chi connectivity index (χ0v) is 20.3. The van der Waals surface area contributed by atoms with Crippen LogP contribution < -0.4 is 10.5 Å². The average molecular weight is 474 g/mol. The minimum absolute atomic E-state index is 0.0255. The second-order valence-electron chi connectivity index (χ2n) is 9.11. The minimum atomic E-state index is -0.795. The highest BCUT2D eigenvalue weighted by atomic mass is 16.5. The summed E-state index contributed by atoms with van der Waals surface area (Å²) in [6, 6.07) is 28.2. The second kappa shape index (κ2) is 12.0. The smallest absolute Gasteiger partial charge is 0.322 e. The first kappa shape index (κ1) is 24.9. The fourth-order valence-electron chi connectivity index (χ4n) is 5.30.